The number of nitrogens with zero attached hydrogens (tertiary/aromatic N) is 2. The second kappa shape index (κ2) is 7.47. The summed E-state index contributed by atoms with van der Waals surface area (Å²) in [6.45, 7) is 6.01. The van der Waals surface area contributed by atoms with E-state index in [0.29, 0.717) is 6.54 Å². The highest BCUT2D eigenvalue weighted by atomic mass is 32.1. The normalized spacial score (nSPS) is 12.3. The van der Waals surface area contributed by atoms with Crippen molar-refractivity contribution >= 4 is 17.1 Å². The van der Waals surface area contributed by atoms with Crippen molar-refractivity contribution in [3.63, 3.8) is 0 Å². The highest BCUT2D eigenvalue weighted by Gasteiger charge is 2.16. The Kier molecular flexibility index (Phi) is 5.29. The molecule has 1 aromatic carbocycles. The van der Waals surface area contributed by atoms with Crippen LogP contribution in [-0.4, -0.2) is 15.6 Å². The zero-order valence-electron chi connectivity index (χ0n) is 14.7. The molecule has 2 aromatic heterocycles. The molecule has 0 aliphatic carbocycles. The molecule has 0 amide bonds. The number of Topliss-reactive ketones (excluding diaryl/α,β-unsaturated/α-hetero) is 1. The molecule has 0 saturated carbocycles. The topological polar surface area (TPSA) is 46.9 Å². The fourth-order valence-corrected chi connectivity index (χ4v) is 3.59. The van der Waals surface area contributed by atoms with E-state index in [9.17, 15) is 13.6 Å². The number of hydrogen-bond donors (Lipinski definition) is 1. The van der Waals surface area contributed by atoms with Crippen molar-refractivity contribution in [2.75, 3.05) is 0 Å². The molecule has 3 rings (SSSR count). The molecule has 0 aliphatic heterocycles. The lowest BCUT2D eigenvalue weighted by molar-refractivity contribution is 0.102. The van der Waals surface area contributed by atoms with Crippen molar-refractivity contribution in [2.24, 2.45) is 0 Å². The van der Waals surface area contributed by atoms with E-state index in [1.165, 1.54) is 28.2 Å². The molecule has 0 bridgehead atoms. The van der Waals surface area contributed by atoms with Crippen LogP contribution in [0.2, 0.25) is 0 Å². The van der Waals surface area contributed by atoms with Gasteiger partial charge in [0.25, 0.3) is 0 Å². The molecule has 0 aliphatic rings. The van der Waals surface area contributed by atoms with Crippen LogP contribution in [0.25, 0.3) is 5.69 Å². The largest absolute Gasteiger partial charge is 0.306 e. The summed E-state index contributed by atoms with van der Waals surface area (Å²) >= 11 is 1.43. The first-order valence-electron chi connectivity index (χ1n) is 8.18. The highest BCUT2D eigenvalue weighted by Crippen LogP contribution is 2.23. The molecule has 1 atom stereocenters. The smallest absolute Gasteiger partial charge is 0.169 e. The van der Waals surface area contributed by atoms with Gasteiger partial charge in [0, 0.05) is 29.9 Å². The standard InChI is InChI=1S/C19H19F2N3OS/c1-11(22-8-14-6-19(13(3)25)26-10-14)16-9-23-24(12(16)2)18-5-4-15(20)7-17(18)21/h4-7,9-11,22H,8H2,1-3H3/t11-/m1/s1. The van der Waals surface area contributed by atoms with Gasteiger partial charge in [-0.15, -0.1) is 11.3 Å². The minimum atomic E-state index is -0.654. The summed E-state index contributed by atoms with van der Waals surface area (Å²) in [5.74, 6) is -1.21. The molecule has 2 heterocycles. The Morgan fingerprint density at radius 1 is 1.35 bits per heavy atom. The number of aromatic nitrogens is 2. The van der Waals surface area contributed by atoms with Crippen LogP contribution in [0.5, 0.6) is 0 Å². The van der Waals surface area contributed by atoms with Crippen molar-refractivity contribution in [3.8, 4) is 5.69 Å². The average molecular weight is 375 g/mol. The van der Waals surface area contributed by atoms with E-state index >= 15 is 0 Å². The zero-order chi connectivity index (χ0) is 18.8. The molecule has 0 fully saturated rings. The molecule has 7 heteroatoms. The predicted octanol–water partition coefficient (Wildman–Crippen LogP) is 4.57. The monoisotopic (exact) mass is 375 g/mol. The number of halogens is 2. The van der Waals surface area contributed by atoms with Crippen LogP contribution in [0.1, 0.15) is 46.4 Å². The predicted molar refractivity (Wildman–Crippen MR) is 97.8 cm³/mol. The molecule has 0 unspecified atom stereocenters. The van der Waals surface area contributed by atoms with Gasteiger partial charge in [-0.2, -0.15) is 5.10 Å². The maximum Gasteiger partial charge on any atom is 0.169 e. The van der Waals surface area contributed by atoms with Crippen LogP contribution in [0, 0.1) is 18.6 Å². The molecule has 4 nitrogen and oxygen atoms in total. The lowest BCUT2D eigenvalue weighted by atomic mass is 10.1. The van der Waals surface area contributed by atoms with Gasteiger partial charge < -0.3 is 5.32 Å². The lowest BCUT2D eigenvalue weighted by Gasteiger charge is -2.14. The van der Waals surface area contributed by atoms with Crippen LogP contribution in [-0.2, 0) is 6.54 Å². The Morgan fingerprint density at radius 2 is 2.12 bits per heavy atom. The number of ketones is 1. The minimum Gasteiger partial charge on any atom is -0.306 e. The quantitative estimate of drug-likeness (QED) is 0.642. The second-order valence-corrected chi connectivity index (χ2v) is 7.08. The lowest BCUT2D eigenvalue weighted by Crippen LogP contribution is -2.18. The molecular weight excluding hydrogens is 356 g/mol. The summed E-state index contributed by atoms with van der Waals surface area (Å²) < 4.78 is 28.6. The van der Waals surface area contributed by atoms with Crippen molar-refractivity contribution < 1.29 is 13.6 Å². The van der Waals surface area contributed by atoms with E-state index in [1.807, 2.05) is 25.3 Å². The molecule has 0 spiro atoms. The van der Waals surface area contributed by atoms with Gasteiger partial charge in [0.1, 0.15) is 11.5 Å². The van der Waals surface area contributed by atoms with Gasteiger partial charge in [0.05, 0.1) is 11.1 Å². The zero-order valence-corrected chi connectivity index (χ0v) is 15.5. The molecule has 0 saturated heterocycles. The van der Waals surface area contributed by atoms with E-state index in [-0.39, 0.29) is 17.5 Å². The Balaban J connectivity index is 1.75. The van der Waals surface area contributed by atoms with Gasteiger partial charge in [-0.05, 0) is 49.9 Å². The Hall–Kier alpha value is -2.38. The van der Waals surface area contributed by atoms with Crippen LogP contribution in [0.4, 0.5) is 8.78 Å². The first kappa shape index (κ1) is 18.4. The molecule has 1 N–H and O–H groups in total. The first-order chi connectivity index (χ1) is 12.4. The molecule has 136 valence electrons. The third-order valence-electron chi connectivity index (χ3n) is 4.27. The molecule has 26 heavy (non-hydrogen) atoms. The van der Waals surface area contributed by atoms with E-state index in [2.05, 4.69) is 10.4 Å². The maximum atomic E-state index is 14.0. The number of rotatable bonds is 6. The Morgan fingerprint density at radius 3 is 2.77 bits per heavy atom. The van der Waals surface area contributed by atoms with E-state index in [4.69, 9.17) is 0 Å². The van der Waals surface area contributed by atoms with Gasteiger partial charge in [-0.3, -0.25) is 4.79 Å². The van der Waals surface area contributed by atoms with Crippen LogP contribution in [0.15, 0.2) is 35.8 Å². The summed E-state index contributed by atoms with van der Waals surface area (Å²) in [4.78, 5) is 12.1. The number of hydrogen-bond acceptors (Lipinski definition) is 4. The number of carbonyl (C=O) groups excluding carboxylic acids is 1. The average Bonchev–Trinajstić information content (AvgIpc) is 3.20. The van der Waals surface area contributed by atoms with Crippen LogP contribution >= 0.6 is 11.3 Å². The molecular formula is C19H19F2N3OS. The van der Waals surface area contributed by atoms with Crippen LogP contribution < -0.4 is 5.32 Å². The van der Waals surface area contributed by atoms with Crippen LogP contribution in [0.3, 0.4) is 0 Å². The van der Waals surface area contributed by atoms with Crippen molar-refractivity contribution in [1.29, 1.82) is 0 Å². The third kappa shape index (κ3) is 3.73. The van der Waals surface area contributed by atoms with E-state index < -0.39 is 11.6 Å². The highest BCUT2D eigenvalue weighted by molar-refractivity contribution is 7.12. The third-order valence-corrected chi connectivity index (χ3v) is 5.35. The van der Waals surface area contributed by atoms with Gasteiger partial charge in [0.2, 0.25) is 0 Å². The fourth-order valence-electron chi connectivity index (χ4n) is 2.78. The summed E-state index contributed by atoms with van der Waals surface area (Å²) in [5, 5.41) is 9.60. The van der Waals surface area contributed by atoms with Gasteiger partial charge in [-0.1, -0.05) is 0 Å². The Labute approximate surface area is 154 Å². The first-order valence-corrected chi connectivity index (χ1v) is 9.06. The summed E-state index contributed by atoms with van der Waals surface area (Å²) in [5.41, 5.74) is 2.97. The fraction of sp³-hybridized carbons (Fsp3) is 0.263. The molecule has 3 aromatic rings. The Bertz CT molecular complexity index is 948. The maximum absolute atomic E-state index is 14.0. The molecule has 0 radical (unpaired) electrons. The number of benzene rings is 1. The second-order valence-electron chi connectivity index (χ2n) is 6.17. The van der Waals surface area contributed by atoms with Gasteiger partial charge in [0.15, 0.2) is 11.6 Å². The van der Waals surface area contributed by atoms with E-state index in [0.717, 1.165) is 27.8 Å². The van der Waals surface area contributed by atoms with Gasteiger partial charge >= 0.3 is 0 Å². The van der Waals surface area contributed by atoms with Crippen molar-refractivity contribution in [3.05, 3.63) is 69.2 Å². The van der Waals surface area contributed by atoms with E-state index in [1.54, 1.807) is 13.1 Å². The number of carbonyl (C=O) groups is 1. The summed E-state index contributed by atoms with van der Waals surface area (Å²) in [6.07, 6.45) is 1.68. The van der Waals surface area contributed by atoms with Gasteiger partial charge in [-0.25, -0.2) is 13.5 Å². The van der Waals surface area contributed by atoms with Crippen molar-refractivity contribution in [2.45, 2.75) is 33.4 Å². The van der Waals surface area contributed by atoms with Crippen molar-refractivity contribution in [1.82, 2.24) is 15.1 Å². The summed E-state index contributed by atoms with van der Waals surface area (Å²) in [7, 11) is 0. The summed E-state index contributed by atoms with van der Waals surface area (Å²) in [6, 6.07) is 5.30. The number of thiophene rings is 1. The SMILES string of the molecule is CC(=O)c1cc(CN[C@H](C)c2cnn(-c3ccc(F)cc3F)c2C)cs1. The minimum absolute atomic E-state index is 0.0204. The number of nitrogens with one attached hydrogen (secondary N) is 1.